The summed E-state index contributed by atoms with van der Waals surface area (Å²) >= 11 is -3.11. The molecule has 0 fully saturated rings. The summed E-state index contributed by atoms with van der Waals surface area (Å²) < 4.78 is 24.7. The van der Waals surface area contributed by atoms with Gasteiger partial charge in [0.05, 0.1) is 0 Å². The molecule has 0 aromatic heterocycles. The van der Waals surface area contributed by atoms with Gasteiger partial charge in [-0.25, -0.2) is 0 Å². The van der Waals surface area contributed by atoms with Crippen LogP contribution in [-0.2, 0) is 26.7 Å². The summed E-state index contributed by atoms with van der Waals surface area (Å²) in [5.74, 6) is 2.55. The van der Waals surface area contributed by atoms with E-state index in [1.807, 2.05) is 6.07 Å². The van der Waals surface area contributed by atoms with Crippen molar-refractivity contribution >= 4 is 19.6 Å². The fourth-order valence-electron chi connectivity index (χ4n) is 7.36. The van der Waals surface area contributed by atoms with Gasteiger partial charge in [-0.3, -0.25) is 0 Å². The van der Waals surface area contributed by atoms with Gasteiger partial charge in [-0.15, -0.1) is 0 Å². The van der Waals surface area contributed by atoms with Crippen LogP contribution >= 0.6 is 0 Å². The molecule has 0 bridgehead atoms. The number of allylic oxidation sites excluding steroid dienone is 2. The Labute approximate surface area is 253 Å². The molecule has 1 unspecified atom stereocenters. The third kappa shape index (κ3) is 4.10. The average molecular weight is 632 g/mol. The molecule has 2 aliphatic rings. The Morgan fingerprint density at radius 2 is 1.55 bits per heavy atom. The predicted molar refractivity (Wildman–Crippen MR) is 171 cm³/mol. The SMILES string of the molecule is COc1ccc2c(c1)Cc1[c]([Zr]([CH3])([CH3])[CH]3C=C(C)c4cc(-c5cccc6ccccc56)ccc43)cc(OC)c(OC)c1-2. The van der Waals surface area contributed by atoms with Crippen LogP contribution in [-0.4, -0.2) is 21.3 Å². The zero-order chi connectivity index (χ0) is 29.2. The van der Waals surface area contributed by atoms with E-state index in [9.17, 15) is 0 Å². The van der Waals surface area contributed by atoms with E-state index < -0.39 is 20.3 Å². The summed E-state index contributed by atoms with van der Waals surface area (Å²) in [5, 5.41) is 2.58. The zero-order valence-corrected chi connectivity index (χ0v) is 27.6. The molecule has 4 heteroatoms. The molecular weight excluding hydrogens is 596 g/mol. The van der Waals surface area contributed by atoms with E-state index in [4.69, 9.17) is 14.2 Å². The van der Waals surface area contributed by atoms with Crippen molar-refractivity contribution in [3.8, 4) is 39.5 Å². The number of benzene rings is 5. The Kier molecular flexibility index (Phi) is 6.66. The van der Waals surface area contributed by atoms with E-state index in [0.29, 0.717) is 3.63 Å². The van der Waals surface area contributed by atoms with Gasteiger partial charge in [0.2, 0.25) is 0 Å². The van der Waals surface area contributed by atoms with Gasteiger partial charge in [0.1, 0.15) is 0 Å². The molecule has 0 amide bonds. The number of rotatable bonds is 6. The minimum atomic E-state index is -3.11. The van der Waals surface area contributed by atoms with Crippen LogP contribution in [0.15, 0.2) is 91.0 Å². The van der Waals surface area contributed by atoms with Crippen molar-refractivity contribution in [3.63, 3.8) is 0 Å². The minimum absolute atomic E-state index is 0.427. The topological polar surface area (TPSA) is 27.7 Å². The standard InChI is InChI=1S/C20H15.C16H15O3.2CH3.Zr/c1-14-9-10-16-11-12-17(13-20(14)16)19-8-4-6-15-5-2-3-7-18(15)19;1-17-12-5-6-13-11(9-12)8-10-4-7-14(18-2)16(19-3)15(10)13;;;/h2-13H,1H3;5-7,9H,8H2,1-3H3;2*1H3;. The molecule has 0 saturated carbocycles. The van der Waals surface area contributed by atoms with Crippen LogP contribution in [0.1, 0.15) is 32.8 Å². The van der Waals surface area contributed by atoms with Crippen LogP contribution in [0.25, 0.3) is 38.6 Å². The predicted octanol–water partition coefficient (Wildman–Crippen LogP) is 9.14. The molecule has 210 valence electrons. The van der Waals surface area contributed by atoms with Crippen molar-refractivity contribution in [2.45, 2.75) is 26.2 Å². The van der Waals surface area contributed by atoms with Crippen molar-refractivity contribution in [2.75, 3.05) is 21.3 Å². The number of hydrogen-bond donors (Lipinski definition) is 0. The Hall–Kier alpha value is -3.62. The second-order valence-corrected chi connectivity index (χ2v) is 23.4. The second-order valence-electron chi connectivity index (χ2n) is 12.1. The van der Waals surface area contributed by atoms with E-state index in [2.05, 4.69) is 101 Å². The Bertz CT molecular complexity index is 1910. The first-order valence-electron chi connectivity index (χ1n) is 14.6. The van der Waals surface area contributed by atoms with Crippen molar-refractivity contribution < 1.29 is 34.5 Å². The van der Waals surface area contributed by atoms with E-state index in [0.717, 1.165) is 23.7 Å². The van der Waals surface area contributed by atoms with E-state index in [-0.39, 0.29) is 0 Å². The Balaban J connectivity index is 1.35. The van der Waals surface area contributed by atoms with Crippen LogP contribution < -0.4 is 17.5 Å². The van der Waals surface area contributed by atoms with E-state index >= 15 is 0 Å². The Morgan fingerprint density at radius 3 is 2.33 bits per heavy atom. The first-order valence-corrected chi connectivity index (χ1v) is 22.2. The first kappa shape index (κ1) is 27.2. The molecule has 0 N–H and O–H groups in total. The van der Waals surface area contributed by atoms with Gasteiger partial charge in [-0.1, -0.05) is 0 Å². The molecule has 0 heterocycles. The molecule has 7 rings (SSSR count). The second kappa shape index (κ2) is 10.3. The van der Waals surface area contributed by atoms with Gasteiger partial charge >= 0.3 is 254 Å². The molecule has 2 aliphatic carbocycles. The maximum absolute atomic E-state index is 6.00. The normalized spacial score (nSPS) is 15.2. The van der Waals surface area contributed by atoms with Crippen molar-refractivity contribution in [1.29, 1.82) is 0 Å². The molecule has 0 radical (unpaired) electrons. The molecule has 0 aliphatic heterocycles. The van der Waals surface area contributed by atoms with Gasteiger partial charge in [-0.05, 0) is 0 Å². The quantitative estimate of drug-likeness (QED) is 0.184. The number of hydrogen-bond acceptors (Lipinski definition) is 3. The third-order valence-corrected chi connectivity index (χ3v) is 19.0. The van der Waals surface area contributed by atoms with Crippen LogP contribution in [0.4, 0.5) is 0 Å². The van der Waals surface area contributed by atoms with Gasteiger partial charge in [0.15, 0.2) is 0 Å². The monoisotopic (exact) mass is 630 g/mol. The van der Waals surface area contributed by atoms with Crippen LogP contribution in [0.5, 0.6) is 17.2 Å². The number of methoxy groups -OCH3 is 3. The van der Waals surface area contributed by atoms with Gasteiger partial charge in [0, 0.05) is 0 Å². The zero-order valence-electron chi connectivity index (χ0n) is 25.2. The van der Waals surface area contributed by atoms with Gasteiger partial charge in [0.25, 0.3) is 0 Å². The average Bonchev–Trinajstić information content (AvgIpc) is 3.57. The molecule has 42 heavy (non-hydrogen) atoms. The summed E-state index contributed by atoms with van der Waals surface area (Å²) in [6.45, 7) is 2.29. The summed E-state index contributed by atoms with van der Waals surface area (Å²) in [6.07, 6.45) is 3.45. The molecule has 0 spiro atoms. The fourth-order valence-corrected chi connectivity index (χ4v) is 16.0. The first-order chi connectivity index (χ1) is 20.3. The third-order valence-electron chi connectivity index (χ3n) is 9.53. The van der Waals surface area contributed by atoms with Crippen molar-refractivity contribution in [1.82, 2.24) is 0 Å². The molecule has 0 saturated heterocycles. The molecule has 3 nitrogen and oxygen atoms in total. The maximum atomic E-state index is 6.00. The molecule has 5 aromatic rings. The summed E-state index contributed by atoms with van der Waals surface area (Å²) in [4.78, 5) is 0. The Morgan fingerprint density at radius 1 is 0.738 bits per heavy atom. The fraction of sp³-hybridized carbons (Fsp3) is 0.211. The number of fused-ring (bicyclic) bond motifs is 5. The van der Waals surface area contributed by atoms with Crippen LogP contribution in [0, 0.1) is 0 Å². The van der Waals surface area contributed by atoms with Gasteiger partial charge in [-0.2, -0.15) is 0 Å². The summed E-state index contributed by atoms with van der Waals surface area (Å²) in [5.41, 5.74) is 11.9. The molecule has 1 atom stereocenters. The summed E-state index contributed by atoms with van der Waals surface area (Å²) in [6, 6.07) is 31.2. The summed E-state index contributed by atoms with van der Waals surface area (Å²) in [7, 11) is 5.24. The van der Waals surface area contributed by atoms with Crippen LogP contribution in [0.3, 0.4) is 0 Å². The number of ether oxygens (including phenoxy) is 3. The molecule has 5 aromatic carbocycles. The molecular formula is C38H36O3Zr. The van der Waals surface area contributed by atoms with Crippen molar-refractivity contribution in [3.05, 3.63) is 113 Å². The van der Waals surface area contributed by atoms with Crippen molar-refractivity contribution in [2.24, 2.45) is 0 Å². The van der Waals surface area contributed by atoms with Crippen LogP contribution in [0.2, 0.25) is 9.26 Å². The van der Waals surface area contributed by atoms with E-state index in [1.165, 1.54) is 64.1 Å². The van der Waals surface area contributed by atoms with Gasteiger partial charge < -0.3 is 0 Å². The van der Waals surface area contributed by atoms with E-state index in [1.54, 1.807) is 21.3 Å².